The van der Waals surface area contributed by atoms with E-state index in [-0.39, 0.29) is 5.75 Å². The second kappa shape index (κ2) is 4.18. The number of aromatic nitrogens is 1. The minimum atomic E-state index is -0.709. The molecule has 0 fully saturated rings. The average molecular weight is 185 g/mol. The van der Waals surface area contributed by atoms with Gasteiger partial charge in [0.2, 0.25) is 0 Å². The summed E-state index contributed by atoms with van der Waals surface area (Å²) in [6.07, 6.45) is 0.340. The van der Waals surface area contributed by atoms with Gasteiger partial charge in [-0.05, 0) is 13.8 Å². The van der Waals surface area contributed by atoms with Gasteiger partial charge in [-0.25, -0.2) is 4.39 Å². The molecular weight excluding hydrogens is 173 g/mol. The predicted molar refractivity (Wildman–Crippen MR) is 46.0 cm³/mol. The summed E-state index contributed by atoms with van der Waals surface area (Å²) in [5.74, 6) is -0.375. The van der Waals surface area contributed by atoms with Gasteiger partial charge in [0.25, 0.3) is 0 Å². The normalized spacial score (nSPS) is 12.6. The Labute approximate surface area is 76.2 Å². The maximum absolute atomic E-state index is 13.0. The van der Waals surface area contributed by atoms with E-state index < -0.39 is 11.9 Å². The molecule has 72 valence electrons. The van der Waals surface area contributed by atoms with Gasteiger partial charge >= 0.3 is 0 Å². The molecule has 1 rings (SSSR count). The summed E-state index contributed by atoms with van der Waals surface area (Å²) in [4.78, 5) is 3.72. The smallest absolute Gasteiger partial charge is 0.183 e. The van der Waals surface area contributed by atoms with Gasteiger partial charge < -0.3 is 9.84 Å². The van der Waals surface area contributed by atoms with Crippen molar-refractivity contribution in [3.05, 3.63) is 23.8 Å². The third-order valence-corrected chi connectivity index (χ3v) is 1.57. The van der Waals surface area contributed by atoms with Crippen molar-refractivity contribution in [2.75, 3.05) is 6.61 Å². The number of ether oxygens (including phenoxy) is 1. The van der Waals surface area contributed by atoms with Crippen LogP contribution in [0.2, 0.25) is 0 Å². The Hall–Kier alpha value is -1.16. The molecule has 4 heteroatoms. The number of rotatable bonds is 3. The zero-order chi connectivity index (χ0) is 9.84. The Morgan fingerprint density at radius 3 is 2.92 bits per heavy atom. The standard InChI is InChI=1S/C9H12FNO2/c1-3-13-9-4-8(6(2)12)11-5-7(9)10/h4-6,12H,3H2,1-2H3. The molecule has 1 unspecified atom stereocenters. The summed E-state index contributed by atoms with van der Waals surface area (Å²) in [5.41, 5.74) is 0.407. The van der Waals surface area contributed by atoms with Gasteiger partial charge in [0, 0.05) is 6.07 Å². The van der Waals surface area contributed by atoms with Crippen molar-refractivity contribution in [3.8, 4) is 5.75 Å². The molecule has 0 saturated heterocycles. The van der Waals surface area contributed by atoms with E-state index in [9.17, 15) is 4.39 Å². The van der Waals surface area contributed by atoms with Gasteiger partial charge in [0.15, 0.2) is 11.6 Å². The minimum absolute atomic E-state index is 0.133. The van der Waals surface area contributed by atoms with Crippen molar-refractivity contribution >= 4 is 0 Å². The fourth-order valence-electron chi connectivity index (χ4n) is 0.930. The number of aliphatic hydroxyl groups excluding tert-OH is 1. The lowest BCUT2D eigenvalue weighted by Gasteiger charge is -2.07. The van der Waals surface area contributed by atoms with Gasteiger partial charge in [-0.3, -0.25) is 4.98 Å². The summed E-state index contributed by atoms with van der Waals surface area (Å²) in [6.45, 7) is 3.72. The van der Waals surface area contributed by atoms with Crippen LogP contribution in [-0.2, 0) is 0 Å². The molecule has 0 aromatic carbocycles. The van der Waals surface area contributed by atoms with Crippen molar-refractivity contribution in [3.63, 3.8) is 0 Å². The van der Waals surface area contributed by atoms with Crippen LogP contribution in [0.4, 0.5) is 4.39 Å². The molecule has 1 aromatic rings. The van der Waals surface area contributed by atoms with Crippen molar-refractivity contribution in [2.45, 2.75) is 20.0 Å². The van der Waals surface area contributed by atoms with E-state index in [1.165, 1.54) is 6.07 Å². The van der Waals surface area contributed by atoms with Crippen LogP contribution in [0.1, 0.15) is 25.6 Å². The lowest BCUT2D eigenvalue weighted by molar-refractivity contribution is 0.193. The Bertz CT molecular complexity index is 289. The van der Waals surface area contributed by atoms with E-state index in [0.717, 1.165) is 6.20 Å². The lowest BCUT2D eigenvalue weighted by atomic mass is 10.2. The Morgan fingerprint density at radius 2 is 2.38 bits per heavy atom. The van der Waals surface area contributed by atoms with Crippen molar-refractivity contribution in [1.29, 1.82) is 0 Å². The highest BCUT2D eigenvalue weighted by Crippen LogP contribution is 2.20. The highest BCUT2D eigenvalue weighted by atomic mass is 19.1. The summed E-state index contributed by atoms with van der Waals surface area (Å²) in [6, 6.07) is 1.41. The fourth-order valence-corrected chi connectivity index (χ4v) is 0.930. The molecule has 13 heavy (non-hydrogen) atoms. The second-order valence-corrected chi connectivity index (χ2v) is 2.65. The van der Waals surface area contributed by atoms with Crippen LogP contribution in [0.5, 0.6) is 5.75 Å². The van der Waals surface area contributed by atoms with E-state index in [1.807, 2.05) is 0 Å². The molecule has 0 aliphatic rings. The quantitative estimate of drug-likeness (QED) is 0.778. The fraction of sp³-hybridized carbons (Fsp3) is 0.444. The first-order valence-corrected chi connectivity index (χ1v) is 4.11. The molecule has 0 aliphatic carbocycles. The van der Waals surface area contributed by atoms with E-state index in [4.69, 9.17) is 9.84 Å². The largest absolute Gasteiger partial charge is 0.491 e. The summed E-state index contributed by atoms with van der Waals surface area (Å²) >= 11 is 0. The molecule has 0 radical (unpaired) electrons. The van der Waals surface area contributed by atoms with Crippen molar-refractivity contribution < 1.29 is 14.2 Å². The average Bonchev–Trinajstić information content (AvgIpc) is 2.08. The molecule has 0 bridgehead atoms. The highest BCUT2D eigenvalue weighted by Gasteiger charge is 2.08. The molecule has 1 N–H and O–H groups in total. The SMILES string of the molecule is CCOc1cc(C(C)O)ncc1F. The molecule has 1 atom stereocenters. The highest BCUT2D eigenvalue weighted by molar-refractivity contribution is 5.25. The van der Waals surface area contributed by atoms with E-state index in [2.05, 4.69) is 4.98 Å². The zero-order valence-electron chi connectivity index (χ0n) is 7.62. The first kappa shape index (κ1) is 9.92. The zero-order valence-corrected chi connectivity index (χ0v) is 7.62. The van der Waals surface area contributed by atoms with Crippen molar-refractivity contribution in [1.82, 2.24) is 4.98 Å². The van der Waals surface area contributed by atoms with E-state index in [1.54, 1.807) is 13.8 Å². The summed E-state index contributed by atoms with van der Waals surface area (Å²) in [5, 5.41) is 9.17. The minimum Gasteiger partial charge on any atom is -0.491 e. The van der Waals surface area contributed by atoms with Crippen molar-refractivity contribution in [2.24, 2.45) is 0 Å². The molecule has 0 spiro atoms. The van der Waals surface area contributed by atoms with Gasteiger partial charge in [-0.2, -0.15) is 0 Å². The van der Waals surface area contributed by atoms with E-state index in [0.29, 0.717) is 12.3 Å². The monoisotopic (exact) mass is 185 g/mol. The summed E-state index contributed by atoms with van der Waals surface area (Å²) < 4.78 is 18.0. The predicted octanol–water partition coefficient (Wildman–Crippen LogP) is 1.67. The number of aliphatic hydroxyl groups is 1. The van der Waals surface area contributed by atoms with Crippen LogP contribution in [-0.4, -0.2) is 16.7 Å². The first-order valence-electron chi connectivity index (χ1n) is 4.11. The summed E-state index contributed by atoms with van der Waals surface area (Å²) in [7, 11) is 0. The number of hydrogen-bond donors (Lipinski definition) is 1. The van der Waals surface area contributed by atoms with Crippen LogP contribution >= 0.6 is 0 Å². The number of pyridine rings is 1. The maximum atomic E-state index is 13.0. The number of hydrogen-bond acceptors (Lipinski definition) is 3. The van der Waals surface area contributed by atoms with Crippen LogP contribution in [0.3, 0.4) is 0 Å². The Balaban J connectivity index is 2.97. The van der Waals surface area contributed by atoms with E-state index >= 15 is 0 Å². The van der Waals surface area contributed by atoms with Crippen LogP contribution in [0.25, 0.3) is 0 Å². The van der Waals surface area contributed by atoms with Gasteiger partial charge in [0.05, 0.1) is 24.6 Å². The first-order chi connectivity index (χ1) is 6.15. The molecule has 0 amide bonds. The third kappa shape index (κ3) is 2.39. The topological polar surface area (TPSA) is 42.4 Å². The van der Waals surface area contributed by atoms with Crippen LogP contribution in [0, 0.1) is 5.82 Å². The molecule has 1 aromatic heterocycles. The Morgan fingerprint density at radius 1 is 1.69 bits per heavy atom. The van der Waals surface area contributed by atoms with Crippen LogP contribution in [0.15, 0.2) is 12.3 Å². The lowest BCUT2D eigenvalue weighted by Crippen LogP contribution is -2.00. The second-order valence-electron chi connectivity index (χ2n) is 2.65. The van der Waals surface area contributed by atoms with Gasteiger partial charge in [-0.15, -0.1) is 0 Å². The van der Waals surface area contributed by atoms with Gasteiger partial charge in [0.1, 0.15) is 0 Å². The molecule has 3 nitrogen and oxygen atoms in total. The molecular formula is C9H12FNO2. The number of nitrogens with zero attached hydrogens (tertiary/aromatic N) is 1. The third-order valence-electron chi connectivity index (χ3n) is 1.57. The maximum Gasteiger partial charge on any atom is 0.183 e. The molecule has 1 heterocycles. The number of halogens is 1. The van der Waals surface area contributed by atoms with Crippen LogP contribution < -0.4 is 4.74 Å². The Kier molecular flexibility index (Phi) is 3.19. The molecule has 0 saturated carbocycles. The van der Waals surface area contributed by atoms with Gasteiger partial charge in [-0.1, -0.05) is 0 Å². The molecule has 0 aliphatic heterocycles.